The van der Waals surface area contributed by atoms with Gasteiger partial charge in [-0.3, -0.25) is 14.3 Å². The number of aromatic nitrogens is 2. The Balaban J connectivity index is 1.54. The minimum Gasteiger partial charge on any atom is -0.494 e. The van der Waals surface area contributed by atoms with Crippen LogP contribution in [0, 0.1) is 0 Å². The SMILES string of the molecule is CCCCOc1ccc(-c2cc3n(n2)C[C@](C)(C(=O)NC2CCCCCCC2)N(CCC)C3=O)cc1. The van der Waals surface area contributed by atoms with Crippen LogP contribution in [0.4, 0.5) is 0 Å². The van der Waals surface area contributed by atoms with Gasteiger partial charge in [0.15, 0.2) is 0 Å². The number of hydrogen-bond donors (Lipinski definition) is 1. The van der Waals surface area contributed by atoms with Gasteiger partial charge in [0.1, 0.15) is 17.0 Å². The fourth-order valence-corrected chi connectivity index (χ4v) is 5.35. The van der Waals surface area contributed by atoms with Crippen molar-refractivity contribution < 1.29 is 14.3 Å². The first-order valence-corrected chi connectivity index (χ1v) is 13.9. The van der Waals surface area contributed by atoms with Gasteiger partial charge in [0.2, 0.25) is 5.91 Å². The monoisotopic (exact) mass is 494 g/mol. The minimum absolute atomic E-state index is 0.0637. The van der Waals surface area contributed by atoms with E-state index in [9.17, 15) is 9.59 Å². The molecule has 2 aromatic rings. The molecule has 0 spiro atoms. The Morgan fingerprint density at radius 2 is 1.78 bits per heavy atom. The van der Waals surface area contributed by atoms with Crippen LogP contribution in [0.3, 0.4) is 0 Å². The highest BCUT2D eigenvalue weighted by Gasteiger charge is 2.48. The molecular weight excluding hydrogens is 452 g/mol. The molecule has 2 amide bonds. The first-order chi connectivity index (χ1) is 17.5. The van der Waals surface area contributed by atoms with E-state index in [2.05, 4.69) is 12.2 Å². The molecule has 36 heavy (non-hydrogen) atoms. The normalized spacial score (nSPS) is 21.0. The standard InChI is InChI=1S/C29H42N4O3/c1-4-6-19-36-24-16-14-22(15-17-24)25-20-26-27(34)32(18-5-2)29(3,21-33(26)31-25)28(35)30-23-12-10-8-7-9-11-13-23/h14-17,20,23H,4-13,18-19,21H2,1-3H3,(H,30,35)/t29-/m1/s1. The van der Waals surface area contributed by atoms with Gasteiger partial charge in [-0.2, -0.15) is 5.10 Å². The van der Waals surface area contributed by atoms with Crippen LogP contribution in [0.2, 0.25) is 0 Å². The fraction of sp³-hybridized carbons (Fsp3) is 0.621. The van der Waals surface area contributed by atoms with Crippen LogP contribution < -0.4 is 10.1 Å². The van der Waals surface area contributed by atoms with Crippen molar-refractivity contribution >= 4 is 11.8 Å². The molecule has 1 aromatic carbocycles. The lowest BCUT2D eigenvalue weighted by atomic mass is 9.92. The van der Waals surface area contributed by atoms with Crippen LogP contribution in [0.1, 0.15) is 95.5 Å². The number of fused-ring (bicyclic) bond motifs is 1. The largest absolute Gasteiger partial charge is 0.494 e. The highest BCUT2D eigenvalue weighted by molar-refractivity contribution is 6.00. The summed E-state index contributed by atoms with van der Waals surface area (Å²) in [4.78, 5) is 29.1. The van der Waals surface area contributed by atoms with E-state index in [1.807, 2.05) is 44.2 Å². The third-order valence-corrected chi connectivity index (χ3v) is 7.59. The van der Waals surface area contributed by atoms with Crippen molar-refractivity contribution in [1.29, 1.82) is 0 Å². The number of carbonyl (C=O) groups excluding carboxylic acids is 2. The van der Waals surface area contributed by atoms with E-state index in [1.165, 1.54) is 19.3 Å². The first kappa shape index (κ1) is 26.2. The third-order valence-electron chi connectivity index (χ3n) is 7.59. The average Bonchev–Trinajstić information content (AvgIpc) is 3.28. The molecule has 0 saturated heterocycles. The van der Waals surface area contributed by atoms with Gasteiger partial charge in [0, 0.05) is 18.2 Å². The van der Waals surface area contributed by atoms with Gasteiger partial charge in [-0.25, -0.2) is 0 Å². The summed E-state index contributed by atoms with van der Waals surface area (Å²) in [5, 5.41) is 8.09. The summed E-state index contributed by atoms with van der Waals surface area (Å²) in [6.07, 6.45) is 11.0. The molecule has 2 heterocycles. The van der Waals surface area contributed by atoms with Gasteiger partial charge in [0.05, 0.1) is 18.8 Å². The minimum atomic E-state index is -0.970. The zero-order valence-corrected chi connectivity index (χ0v) is 22.2. The van der Waals surface area contributed by atoms with E-state index in [1.54, 1.807) is 9.58 Å². The number of unbranched alkanes of at least 4 members (excludes halogenated alkanes) is 1. The number of benzene rings is 1. The number of hydrogen-bond acceptors (Lipinski definition) is 4. The summed E-state index contributed by atoms with van der Waals surface area (Å²) >= 11 is 0. The Labute approximate surface area is 215 Å². The summed E-state index contributed by atoms with van der Waals surface area (Å²) < 4.78 is 7.51. The van der Waals surface area contributed by atoms with Crippen molar-refractivity contribution in [1.82, 2.24) is 20.0 Å². The van der Waals surface area contributed by atoms with Crippen LogP contribution in [0.5, 0.6) is 5.75 Å². The molecule has 0 bridgehead atoms. The maximum atomic E-state index is 13.7. The molecule has 0 radical (unpaired) electrons. The summed E-state index contributed by atoms with van der Waals surface area (Å²) in [6, 6.07) is 9.88. The number of rotatable bonds is 9. The topological polar surface area (TPSA) is 76.5 Å². The molecule has 1 aromatic heterocycles. The first-order valence-electron chi connectivity index (χ1n) is 13.9. The second-order valence-electron chi connectivity index (χ2n) is 10.5. The summed E-state index contributed by atoms with van der Waals surface area (Å²) in [7, 11) is 0. The van der Waals surface area contributed by atoms with E-state index in [0.717, 1.165) is 62.0 Å². The Morgan fingerprint density at radius 3 is 2.44 bits per heavy atom. The van der Waals surface area contributed by atoms with E-state index < -0.39 is 5.54 Å². The molecule has 1 aliphatic carbocycles. The third kappa shape index (κ3) is 5.76. The van der Waals surface area contributed by atoms with E-state index in [-0.39, 0.29) is 17.9 Å². The number of carbonyl (C=O) groups is 2. The number of nitrogens with one attached hydrogen (secondary N) is 1. The molecule has 4 rings (SSSR count). The van der Waals surface area contributed by atoms with Gasteiger partial charge in [-0.15, -0.1) is 0 Å². The maximum Gasteiger partial charge on any atom is 0.273 e. The maximum absolute atomic E-state index is 13.7. The number of ether oxygens (including phenoxy) is 1. The molecule has 1 fully saturated rings. The molecule has 1 atom stereocenters. The molecule has 0 unspecified atom stereocenters. The number of nitrogens with zero attached hydrogens (tertiary/aromatic N) is 3. The van der Waals surface area contributed by atoms with Crippen molar-refractivity contribution in [3.05, 3.63) is 36.0 Å². The quantitative estimate of drug-likeness (QED) is 0.462. The van der Waals surface area contributed by atoms with Gasteiger partial charge >= 0.3 is 0 Å². The van der Waals surface area contributed by atoms with Crippen molar-refractivity contribution in [3.63, 3.8) is 0 Å². The molecule has 7 nitrogen and oxygen atoms in total. The fourth-order valence-electron chi connectivity index (χ4n) is 5.35. The highest BCUT2D eigenvalue weighted by Crippen LogP contribution is 2.31. The zero-order chi connectivity index (χ0) is 25.5. The van der Waals surface area contributed by atoms with Crippen LogP contribution >= 0.6 is 0 Å². The second kappa shape index (κ2) is 11.9. The van der Waals surface area contributed by atoms with Crippen molar-refractivity contribution in [3.8, 4) is 17.0 Å². The molecule has 2 aliphatic rings. The lowest BCUT2D eigenvalue weighted by molar-refractivity contribution is -0.134. The van der Waals surface area contributed by atoms with Crippen molar-refractivity contribution in [2.45, 2.75) is 103 Å². The van der Waals surface area contributed by atoms with E-state index in [4.69, 9.17) is 9.84 Å². The van der Waals surface area contributed by atoms with E-state index >= 15 is 0 Å². The summed E-state index contributed by atoms with van der Waals surface area (Å²) in [5.41, 5.74) is 1.23. The van der Waals surface area contributed by atoms with Gasteiger partial charge < -0.3 is 15.0 Å². The van der Waals surface area contributed by atoms with Crippen LogP contribution in [-0.2, 0) is 11.3 Å². The Hall–Kier alpha value is -2.83. The predicted octanol–water partition coefficient (Wildman–Crippen LogP) is 5.58. The van der Waals surface area contributed by atoms with Crippen LogP contribution in [0.25, 0.3) is 11.3 Å². The molecule has 1 N–H and O–H groups in total. The molecule has 1 saturated carbocycles. The molecule has 196 valence electrons. The highest BCUT2D eigenvalue weighted by atomic mass is 16.5. The molecule has 1 aliphatic heterocycles. The number of amides is 2. The van der Waals surface area contributed by atoms with Gasteiger partial charge in [-0.05, 0) is 62.9 Å². The van der Waals surface area contributed by atoms with Crippen LogP contribution in [-0.4, -0.2) is 51.2 Å². The predicted molar refractivity (Wildman–Crippen MR) is 142 cm³/mol. The lowest BCUT2D eigenvalue weighted by Crippen LogP contribution is -2.65. The smallest absolute Gasteiger partial charge is 0.273 e. The lowest BCUT2D eigenvalue weighted by Gasteiger charge is -2.43. The van der Waals surface area contributed by atoms with E-state index in [0.29, 0.717) is 25.4 Å². The van der Waals surface area contributed by atoms with Gasteiger partial charge in [-0.1, -0.05) is 52.4 Å². The zero-order valence-electron chi connectivity index (χ0n) is 22.2. The van der Waals surface area contributed by atoms with Crippen molar-refractivity contribution in [2.24, 2.45) is 0 Å². The Bertz CT molecular complexity index is 1020. The van der Waals surface area contributed by atoms with Crippen molar-refractivity contribution in [2.75, 3.05) is 13.2 Å². The Kier molecular flexibility index (Phi) is 8.70. The molecule has 7 heteroatoms. The Morgan fingerprint density at radius 1 is 1.08 bits per heavy atom. The summed E-state index contributed by atoms with van der Waals surface area (Å²) in [6.45, 7) is 7.68. The van der Waals surface area contributed by atoms with Crippen LogP contribution in [0.15, 0.2) is 30.3 Å². The second-order valence-corrected chi connectivity index (χ2v) is 10.5. The summed E-state index contributed by atoms with van der Waals surface area (Å²) in [5.74, 6) is 0.641. The molecular formula is C29H42N4O3. The average molecular weight is 495 g/mol. The van der Waals surface area contributed by atoms with Gasteiger partial charge in [0.25, 0.3) is 5.91 Å².